The predicted octanol–water partition coefficient (Wildman–Crippen LogP) is 3.30. The molecule has 1 aromatic heterocycles. The minimum Gasteiger partial charge on any atom is -0.373 e. The van der Waals surface area contributed by atoms with Gasteiger partial charge in [0.2, 0.25) is 5.91 Å². The number of carbonyl (C=O) groups excluding carboxylic acids is 1. The average Bonchev–Trinajstić information content (AvgIpc) is 3.03. The second kappa shape index (κ2) is 7.21. The van der Waals surface area contributed by atoms with Crippen LogP contribution in [0.4, 0.5) is 5.82 Å². The van der Waals surface area contributed by atoms with Crippen molar-refractivity contribution >= 4 is 11.7 Å². The third kappa shape index (κ3) is 3.65. The molecule has 0 radical (unpaired) electrons. The van der Waals surface area contributed by atoms with E-state index in [0.717, 1.165) is 43.1 Å². The van der Waals surface area contributed by atoms with Crippen molar-refractivity contribution in [2.24, 2.45) is 0 Å². The van der Waals surface area contributed by atoms with Crippen LogP contribution in [-0.4, -0.2) is 34.4 Å². The Kier molecular flexibility index (Phi) is 5.02. The van der Waals surface area contributed by atoms with Crippen LogP contribution in [0.1, 0.15) is 43.3 Å². The molecule has 2 aromatic rings. The fraction of sp³-hybridized carbons (Fsp3) is 0.450. The van der Waals surface area contributed by atoms with Gasteiger partial charge in [-0.05, 0) is 38.7 Å². The van der Waals surface area contributed by atoms with Crippen molar-refractivity contribution in [1.82, 2.24) is 14.9 Å². The van der Waals surface area contributed by atoms with Gasteiger partial charge in [0.15, 0.2) is 5.82 Å². The van der Waals surface area contributed by atoms with Crippen molar-refractivity contribution in [3.05, 3.63) is 53.5 Å². The molecular formula is C20H26N4O. The van der Waals surface area contributed by atoms with Crippen molar-refractivity contribution in [2.45, 2.75) is 45.1 Å². The molecule has 132 valence electrons. The van der Waals surface area contributed by atoms with Gasteiger partial charge in [-0.25, -0.2) is 9.97 Å². The number of benzene rings is 1. The first kappa shape index (κ1) is 17.4. The van der Waals surface area contributed by atoms with Crippen molar-refractivity contribution < 1.29 is 4.79 Å². The summed E-state index contributed by atoms with van der Waals surface area (Å²) < 4.78 is 0. The van der Waals surface area contributed by atoms with Gasteiger partial charge in [0.05, 0.1) is 5.54 Å². The zero-order valence-corrected chi connectivity index (χ0v) is 15.2. The summed E-state index contributed by atoms with van der Waals surface area (Å²) in [4.78, 5) is 24.2. The summed E-state index contributed by atoms with van der Waals surface area (Å²) in [6.07, 6.45) is 3.17. The SMILES string of the molecule is CNc1cc(C)nc(C2(C)CCCN2C(=O)CCc2ccccc2)n1. The lowest BCUT2D eigenvalue weighted by Crippen LogP contribution is -2.44. The van der Waals surface area contributed by atoms with Crippen LogP contribution in [0.25, 0.3) is 0 Å². The molecule has 1 aliphatic heterocycles. The Labute approximate surface area is 149 Å². The third-order valence-corrected chi connectivity index (χ3v) is 5.00. The van der Waals surface area contributed by atoms with Crippen molar-refractivity contribution in [1.29, 1.82) is 0 Å². The Bertz CT molecular complexity index is 747. The first-order valence-corrected chi connectivity index (χ1v) is 8.91. The molecule has 1 atom stereocenters. The van der Waals surface area contributed by atoms with E-state index >= 15 is 0 Å². The summed E-state index contributed by atoms with van der Waals surface area (Å²) in [5.74, 6) is 1.72. The molecule has 25 heavy (non-hydrogen) atoms. The standard InChI is InChI=1S/C20H26N4O/c1-15-14-17(21-3)23-19(22-15)20(2)12-7-13-24(20)18(25)11-10-16-8-5-4-6-9-16/h4-6,8-9,14H,7,10-13H2,1-3H3,(H,21,22,23). The highest BCUT2D eigenvalue weighted by atomic mass is 16.2. The van der Waals surface area contributed by atoms with Crippen molar-refractivity contribution in [3.63, 3.8) is 0 Å². The van der Waals surface area contributed by atoms with E-state index < -0.39 is 5.54 Å². The Balaban J connectivity index is 1.79. The van der Waals surface area contributed by atoms with Gasteiger partial charge in [0.25, 0.3) is 0 Å². The van der Waals surface area contributed by atoms with Gasteiger partial charge in [-0.1, -0.05) is 30.3 Å². The van der Waals surface area contributed by atoms with Crippen LogP contribution in [0.15, 0.2) is 36.4 Å². The summed E-state index contributed by atoms with van der Waals surface area (Å²) in [6, 6.07) is 12.1. The molecule has 2 heterocycles. The fourth-order valence-corrected chi connectivity index (χ4v) is 3.56. The lowest BCUT2D eigenvalue weighted by Gasteiger charge is -2.34. The zero-order chi connectivity index (χ0) is 17.9. The Hall–Kier alpha value is -2.43. The molecule has 0 bridgehead atoms. The first-order valence-electron chi connectivity index (χ1n) is 8.91. The lowest BCUT2D eigenvalue weighted by molar-refractivity contribution is -0.135. The number of aryl methyl sites for hydroxylation is 2. The quantitative estimate of drug-likeness (QED) is 0.909. The minimum atomic E-state index is -0.425. The van der Waals surface area contributed by atoms with Crippen LogP contribution in [0.2, 0.25) is 0 Å². The monoisotopic (exact) mass is 338 g/mol. The van der Waals surface area contributed by atoms with E-state index in [1.165, 1.54) is 5.56 Å². The first-order chi connectivity index (χ1) is 12.0. The van der Waals surface area contributed by atoms with E-state index in [4.69, 9.17) is 0 Å². The van der Waals surface area contributed by atoms with Gasteiger partial charge in [-0.15, -0.1) is 0 Å². The topological polar surface area (TPSA) is 58.1 Å². The maximum Gasteiger partial charge on any atom is 0.223 e. The minimum absolute atomic E-state index is 0.181. The Morgan fingerprint density at radius 1 is 1.28 bits per heavy atom. The fourth-order valence-electron chi connectivity index (χ4n) is 3.56. The Morgan fingerprint density at radius 2 is 2.04 bits per heavy atom. The molecular weight excluding hydrogens is 312 g/mol. The molecule has 1 saturated heterocycles. The number of anilines is 1. The van der Waals surface area contributed by atoms with Gasteiger partial charge in [0, 0.05) is 31.8 Å². The number of hydrogen-bond acceptors (Lipinski definition) is 4. The normalized spacial score (nSPS) is 19.9. The van der Waals surface area contributed by atoms with Crippen LogP contribution in [-0.2, 0) is 16.8 Å². The van der Waals surface area contributed by atoms with E-state index in [2.05, 4.69) is 34.3 Å². The number of carbonyl (C=O) groups is 1. The second-order valence-corrected chi connectivity index (χ2v) is 6.88. The van der Waals surface area contributed by atoms with Gasteiger partial charge < -0.3 is 10.2 Å². The summed E-state index contributed by atoms with van der Waals surface area (Å²) in [6.45, 7) is 4.83. The van der Waals surface area contributed by atoms with Crippen LogP contribution in [0, 0.1) is 6.92 Å². The summed E-state index contributed by atoms with van der Waals surface area (Å²) in [5.41, 5.74) is 1.69. The summed E-state index contributed by atoms with van der Waals surface area (Å²) >= 11 is 0. The largest absolute Gasteiger partial charge is 0.373 e. The average molecular weight is 338 g/mol. The maximum absolute atomic E-state index is 12.9. The highest BCUT2D eigenvalue weighted by Crippen LogP contribution is 2.37. The summed E-state index contributed by atoms with van der Waals surface area (Å²) in [5, 5.41) is 3.09. The van der Waals surface area contributed by atoms with E-state index in [-0.39, 0.29) is 5.91 Å². The van der Waals surface area contributed by atoms with E-state index in [9.17, 15) is 4.79 Å². The molecule has 0 saturated carbocycles. The number of rotatable bonds is 5. The molecule has 1 unspecified atom stereocenters. The molecule has 5 nitrogen and oxygen atoms in total. The molecule has 1 amide bonds. The number of amides is 1. The van der Waals surface area contributed by atoms with Crippen molar-refractivity contribution in [2.75, 3.05) is 18.9 Å². The number of aromatic nitrogens is 2. The molecule has 1 fully saturated rings. The highest BCUT2D eigenvalue weighted by molar-refractivity contribution is 5.77. The van der Waals surface area contributed by atoms with Crippen molar-refractivity contribution in [3.8, 4) is 0 Å². The molecule has 1 N–H and O–H groups in total. The van der Waals surface area contributed by atoms with Crippen LogP contribution >= 0.6 is 0 Å². The van der Waals surface area contributed by atoms with Gasteiger partial charge in [-0.3, -0.25) is 4.79 Å². The molecule has 1 aromatic carbocycles. The van der Waals surface area contributed by atoms with Crippen LogP contribution < -0.4 is 5.32 Å². The van der Waals surface area contributed by atoms with Gasteiger partial charge >= 0.3 is 0 Å². The molecule has 0 spiro atoms. The molecule has 0 aliphatic carbocycles. The lowest BCUT2D eigenvalue weighted by atomic mass is 9.96. The van der Waals surface area contributed by atoms with Gasteiger partial charge in [-0.2, -0.15) is 0 Å². The number of likely N-dealkylation sites (tertiary alicyclic amines) is 1. The van der Waals surface area contributed by atoms with Crippen LogP contribution in [0.5, 0.6) is 0 Å². The molecule has 1 aliphatic rings. The molecule has 5 heteroatoms. The third-order valence-electron chi connectivity index (χ3n) is 5.00. The number of nitrogens with zero attached hydrogens (tertiary/aromatic N) is 3. The van der Waals surface area contributed by atoms with E-state index in [1.54, 1.807) is 0 Å². The highest BCUT2D eigenvalue weighted by Gasteiger charge is 2.43. The maximum atomic E-state index is 12.9. The number of nitrogens with one attached hydrogen (secondary N) is 1. The van der Waals surface area contributed by atoms with E-state index in [1.807, 2.05) is 43.1 Å². The smallest absolute Gasteiger partial charge is 0.223 e. The predicted molar refractivity (Wildman–Crippen MR) is 99.4 cm³/mol. The van der Waals surface area contributed by atoms with E-state index in [0.29, 0.717) is 6.42 Å². The Morgan fingerprint density at radius 3 is 2.76 bits per heavy atom. The zero-order valence-electron chi connectivity index (χ0n) is 15.2. The number of hydrogen-bond donors (Lipinski definition) is 1. The second-order valence-electron chi connectivity index (χ2n) is 6.88. The summed E-state index contributed by atoms with van der Waals surface area (Å²) in [7, 11) is 1.85. The van der Waals surface area contributed by atoms with Crippen LogP contribution in [0.3, 0.4) is 0 Å². The molecule has 3 rings (SSSR count). The van der Waals surface area contributed by atoms with Gasteiger partial charge in [0.1, 0.15) is 5.82 Å².